The maximum absolute atomic E-state index is 12.1. The fraction of sp³-hybridized carbons (Fsp3) is 0.619. The Morgan fingerprint density at radius 1 is 1.21 bits per heavy atom. The SMILES string of the molecule is CC(NC(=NCC(=O)N(C)C)N1CCC(N2CCCC2)C1)c1ccccc1.I. The second kappa shape index (κ2) is 11.0. The second-order valence-electron chi connectivity index (χ2n) is 7.84. The lowest BCUT2D eigenvalue weighted by atomic mass is 10.1. The van der Waals surface area contributed by atoms with Crippen molar-refractivity contribution in [2.45, 2.75) is 38.3 Å². The van der Waals surface area contributed by atoms with Crippen LogP contribution in [0.5, 0.6) is 0 Å². The normalized spacial score (nSPS) is 21.3. The van der Waals surface area contributed by atoms with Crippen LogP contribution >= 0.6 is 24.0 Å². The number of likely N-dealkylation sites (tertiary alicyclic amines) is 2. The van der Waals surface area contributed by atoms with Crippen molar-refractivity contribution in [3.05, 3.63) is 35.9 Å². The van der Waals surface area contributed by atoms with Gasteiger partial charge in [-0.1, -0.05) is 30.3 Å². The molecule has 0 aromatic heterocycles. The molecule has 2 heterocycles. The van der Waals surface area contributed by atoms with Gasteiger partial charge in [0.15, 0.2) is 5.96 Å². The van der Waals surface area contributed by atoms with Crippen LogP contribution in [-0.4, -0.2) is 79.4 Å². The van der Waals surface area contributed by atoms with Gasteiger partial charge in [-0.3, -0.25) is 9.69 Å². The van der Waals surface area contributed by atoms with Crippen LogP contribution in [0.1, 0.15) is 37.8 Å². The Morgan fingerprint density at radius 2 is 1.89 bits per heavy atom. The molecule has 1 amide bonds. The van der Waals surface area contributed by atoms with Crippen LogP contribution in [0.25, 0.3) is 0 Å². The van der Waals surface area contributed by atoms with Gasteiger partial charge in [-0.25, -0.2) is 4.99 Å². The molecule has 0 bridgehead atoms. The highest BCUT2D eigenvalue weighted by Crippen LogP contribution is 2.21. The van der Waals surface area contributed by atoms with Crippen molar-refractivity contribution >= 4 is 35.8 Å². The van der Waals surface area contributed by atoms with E-state index < -0.39 is 0 Å². The topological polar surface area (TPSA) is 51.2 Å². The molecule has 7 heteroatoms. The Kier molecular flexibility index (Phi) is 9.01. The minimum Gasteiger partial charge on any atom is -0.350 e. The van der Waals surface area contributed by atoms with Gasteiger partial charge in [0, 0.05) is 33.2 Å². The predicted molar refractivity (Wildman–Crippen MR) is 125 cm³/mol. The summed E-state index contributed by atoms with van der Waals surface area (Å²) in [5.74, 6) is 0.875. The van der Waals surface area contributed by atoms with Crippen LogP contribution in [-0.2, 0) is 4.79 Å². The number of halogens is 1. The van der Waals surface area contributed by atoms with Crippen molar-refractivity contribution in [1.82, 2.24) is 20.0 Å². The van der Waals surface area contributed by atoms with E-state index in [1.807, 2.05) is 6.07 Å². The predicted octanol–water partition coefficient (Wildman–Crippen LogP) is 2.57. The summed E-state index contributed by atoms with van der Waals surface area (Å²) >= 11 is 0. The van der Waals surface area contributed by atoms with Crippen LogP contribution in [0.2, 0.25) is 0 Å². The summed E-state index contributed by atoms with van der Waals surface area (Å²) in [6.45, 7) is 6.75. The second-order valence-corrected chi connectivity index (χ2v) is 7.84. The summed E-state index contributed by atoms with van der Waals surface area (Å²) in [5.41, 5.74) is 1.22. The number of carbonyl (C=O) groups is 1. The van der Waals surface area contributed by atoms with E-state index in [1.165, 1.54) is 37.9 Å². The third-order valence-electron chi connectivity index (χ3n) is 5.63. The highest BCUT2D eigenvalue weighted by molar-refractivity contribution is 14.0. The quantitative estimate of drug-likeness (QED) is 0.385. The average molecular weight is 499 g/mol. The number of nitrogens with zero attached hydrogens (tertiary/aromatic N) is 4. The number of rotatable bonds is 5. The van der Waals surface area contributed by atoms with E-state index in [0.29, 0.717) is 6.04 Å². The number of hydrogen-bond donors (Lipinski definition) is 1. The summed E-state index contributed by atoms with van der Waals surface area (Å²) in [6.07, 6.45) is 3.80. The third kappa shape index (κ3) is 6.07. The fourth-order valence-corrected chi connectivity index (χ4v) is 3.88. The lowest BCUT2D eigenvalue weighted by Crippen LogP contribution is -2.44. The van der Waals surface area contributed by atoms with E-state index >= 15 is 0 Å². The molecule has 2 aliphatic heterocycles. The standard InChI is InChI=1S/C21H33N5O.HI/c1-17(18-9-5-4-6-10-18)23-21(22-15-20(27)24(2)3)26-14-11-19(16-26)25-12-7-8-13-25;/h4-6,9-10,17,19H,7-8,11-16H2,1-3H3,(H,22,23);1H. The zero-order valence-corrected chi connectivity index (χ0v) is 19.6. The van der Waals surface area contributed by atoms with Gasteiger partial charge in [-0.05, 0) is 44.8 Å². The van der Waals surface area contributed by atoms with Crippen LogP contribution in [0.15, 0.2) is 35.3 Å². The summed E-state index contributed by atoms with van der Waals surface area (Å²) < 4.78 is 0. The van der Waals surface area contributed by atoms with Gasteiger partial charge in [-0.15, -0.1) is 24.0 Å². The molecular weight excluding hydrogens is 465 g/mol. The molecule has 0 aliphatic carbocycles. The molecule has 156 valence electrons. The minimum absolute atomic E-state index is 0. The number of benzene rings is 1. The summed E-state index contributed by atoms with van der Waals surface area (Å²) in [5, 5.41) is 3.57. The Bertz CT molecular complexity index is 645. The molecule has 2 aliphatic rings. The Morgan fingerprint density at radius 3 is 2.54 bits per heavy atom. The average Bonchev–Trinajstić information content (AvgIpc) is 3.36. The van der Waals surface area contributed by atoms with Gasteiger partial charge >= 0.3 is 0 Å². The summed E-state index contributed by atoms with van der Waals surface area (Å²) in [7, 11) is 3.55. The summed E-state index contributed by atoms with van der Waals surface area (Å²) in [6, 6.07) is 11.1. The Labute approximate surface area is 186 Å². The zero-order valence-electron chi connectivity index (χ0n) is 17.3. The zero-order chi connectivity index (χ0) is 19.2. The summed E-state index contributed by atoms with van der Waals surface area (Å²) in [4.78, 5) is 23.3. The molecule has 0 radical (unpaired) electrons. The van der Waals surface area contributed by atoms with Crippen molar-refractivity contribution in [2.75, 3.05) is 46.8 Å². The smallest absolute Gasteiger partial charge is 0.243 e. The van der Waals surface area contributed by atoms with Crippen molar-refractivity contribution in [3.63, 3.8) is 0 Å². The lowest BCUT2D eigenvalue weighted by Gasteiger charge is -2.27. The highest BCUT2D eigenvalue weighted by Gasteiger charge is 2.31. The third-order valence-corrected chi connectivity index (χ3v) is 5.63. The maximum Gasteiger partial charge on any atom is 0.243 e. The molecule has 2 saturated heterocycles. The molecule has 1 aromatic rings. The number of guanidine groups is 1. The Balaban J connectivity index is 0.00000280. The van der Waals surface area contributed by atoms with Crippen LogP contribution in [0.4, 0.5) is 0 Å². The first-order chi connectivity index (χ1) is 13.0. The van der Waals surface area contributed by atoms with E-state index in [4.69, 9.17) is 0 Å². The number of hydrogen-bond acceptors (Lipinski definition) is 3. The maximum atomic E-state index is 12.1. The van der Waals surface area contributed by atoms with E-state index in [1.54, 1.807) is 19.0 Å². The molecule has 2 unspecified atom stereocenters. The molecule has 3 rings (SSSR count). The van der Waals surface area contributed by atoms with Gasteiger partial charge in [0.05, 0.1) is 6.04 Å². The monoisotopic (exact) mass is 499 g/mol. The van der Waals surface area contributed by atoms with Gasteiger partial charge in [-0.2, -0.15) is 0 Å². The van der Waals surface area contributed by atoms with Crippen molar-refractivity contribution in [3.8, 4) is 0 Å². The molecule has 2 fully saturated rings. The molecule has 0 saturated carbocycles. The number of likely N-dealkylation sites (N-methyl/N-ethyl adjacent to an activating group) is 1. The largest absolute Gasteiger partial charge is 0.350 e. The number of amides is 1. The Hall–Kier alpha value is -1.35. The molecule has 6 nitrogen and oxygen atoms in total. The van der Waals surface area contributed by atoms with Gasteiger partial charge in [0.2, 0.25) is 5.91 Å². The van der Waals surface area contributed by atoms with E-state index in [2.05, 4.69) is 51.3 Å². The number of aliphatic imine (C=N–C) groups is 1. The molecule has 2 atom stereocenters. The highest BCUT2D eigenvalue weighted by atomic mass is 127. The number of carbonyl (C=O) groups excluding carboxylic acids is 1. The van der Waals surface area contributed by atoms with Crippen LogP contribution < -0.4 is 5.32 Å². The van der Waals surface area contributed by atoms with E-state index in [-0.39, 0.29) is 42.5 Å². The molecule has 28 heavy (non-hydrogen) atoms. The van der Waals surface area contributed by atoms with E-state index in [9.17, 15) is 4.79 Å². The molecule has 1 aromatic carbocycles. The van der Waals surface area contributed by atoms with Gasteiger partial charge < -0.3 is 15.1 Å². The first-order valence-electron chi connectivity index (χ1n) is 10.1. The van der Waals surface area contributed by atoms with E-state index in [0.717, 1.165) is 19.0 Å². The molecule has 0 spiro atoms. The minimum atomic E-state index is 0. The molecule has 1 N–H and O–H groups in total. The van der Waals surface area contributed by atoms with Gasteiger partial charge in [0.1, 0.15) is 6.54 Å². The first kappa shape index (κ1) is 22.9. The van der Waals surface area contributed by atoms with Crippen LogP contribution in [0, 0.1) is 0 Å². The lowest BCUT2D eigenvalue weighted by molar-refractivity contribution is -0.127. The van der Waals surface area contributed by atoms with Crippen molar-refractivity contribution < 1.29 is 4.79 Å². The fourth-order valence-electron chi connectivity index (χ4n) is 3.88. The number of nitrogens with one attached hydrogen (secondary N) is 1. The first-order valence-corrected chi connectivity index (χ1v) is 10.1. The van der Waals surface area contributed by atoms with Gasteiger partial charge in [0.25, 0.3) is 0 Å². The molecular formula is C21H34IN5O. The van der Waals surface area contributed by atoms with Crippen LogP contribution in [0.3, 0.4) is 0 Å². The van der Waals surface area contributed by atoms with Crippen molar-refractivity contribution in [1.29, 1.82) is 0 Å². The van der Waals surface area contributed by atoms with Crippen molar-refractivity contribution in [2.24, 2.45) is 4.99 Å².